The second-order valence-electron chi connectivity index (χ2n) is 11.4. The molecule has 3 rings (SSSR count). The van der Waals surface area contributed by atoms with Gasteiger partial charge in [-0.25, -0.2) is 0 Å². The van der Waals surface area contributed by atoms with E-state index in [-0.39, 0.29) is 5.92 Å². The van der Waals surface area contributed by atoms with Crippen LogP contribution in [-0.2, 0) is 0 Å². The largest absolute Gasteiger partial charge is 0.393 e. The van der Waals surface area contributed by atoms with Crippen LogP contribution in [0.3, 0.4) is 0 Å². The maximum atomic E-state index is 10.3. The first kappa shape index (κ1) is 24.5. The Kier molecular flexibility index (Phi) is 7.40. The van der Waals surface area contributed by atoms with Crippen molar-refractivity contribution in [3.05, 3.63) is 47.6 Å². The Hall–Kier alpha value is -1.16. The maximum Gasteiger partial charge on any atom is 0.0811 e. The molecule has 0 amide bonds. The van der Waals surface area contributed by atoms with Crippen LogP contribution in [0, 0.1) is 29.1 Å². The lowest BCUT2D eigenvalue weighted by Gasteiger charge is -2.44. The summed E-state index contributed by atoms with van der Waals surface area (Å²) in [6.45, 7) is 14.7. The summed E-state index contributed by atoms with van der Waals surface area (Å²) in [5, 5.41) is 30.4. The molecule has 174 valence electrons. The van der Waals surface area contributed by atoms with E-state index in [0.717, 1.165) is 17.6 Å². The number of aliphatic hydroxyl groups excluding tert-OH is 2. The van der Waals surface area contributed by atoms with E-state index in [1.807, 2.05) is 13.8 Å². The zero-order valence-electron chi connectivity index (χ0n) is 20.3. The van der Waals surface area contributed by atoms with Gasteiger partial charge >= 0.3 is 0 Å². The van der Waals surface area contributed by atoms with Gasteiger partial charge < -0.3 is 15.3 Å². The molecule has 0 radical (unpaired) electrons. The van der Waals surface area contributed by atoms with Gasteiger partial charge in [-0.05, 0) is 86.7 Å². The fourth-order valence-corrected chi connectivity index (χ4v) is 6.32. The number of allylic oxidation sites excluding steroid dienone is 4. The van der Waals surface area contributed by atoms with Gasteiger partial charge in [0.1, 0.15) is 0 Å². The Morgan fingerprint density at radius 2 is 1.84 bits per heavy atom. The average Bonchev–Trinajstić information content (AvgIpc) is 3.04. The van der Waals surface area contributed by atoms with Gasteiger partial charge in [0.05, 0.1) is 17.8 Å². The predicted molar refractivity (Wildman–Crippen MR) is 128 cm³/mol. The Morgan fingerprint density at radius 1 is 1.13 bits per heavy atom. The molecule has 3 aliphatic carbocycles. The summed E-state index contributed by atoms with van der Waals surface area (Å²) in [6, 6.07) is 0. The first-order chi connectivity index (χ1) is 14.4. The highest BCUT2D eigenvalue weighted by atomic mass is 16.3. The molecule has 0 saturated heterocycles. The van der Waals surface area contributed by atoms with Crippen molar-refractivity contribution < 1.29 is 15.3 Å². The van der Waals surface area contributed by atoms with Crippen molar-refractivity contribution >= 4 is 0 Å². The number of hydrogen-bond donors (Lipinski definition) is 3. The zero-order chi connectivity index (χ0) is 23.0. The summed E-state index contributed by atoms with van der Waals surface area (Å²) >= 11 is 0. The van der Waals surface area contributed by atoms with E-state index in [0.29, 0.717) is 36.0 Å². The van der Waals surface area contributed by atoms with Crippen molar-refractivity contribution in [3.8, 4) is 0 Å². The second-order valence-corrected chi connectivity index (χ2v) is 11.4. The molecule has 3 nitrogen and oxygen atoms in total. The minimum absolute atomic E-state index is 0.141. The molecule has 3 N–H and O–H groups in total. The van der Waals surface area contributed by atoms with Gasteiger partial charge in [0, 0.05) is 12.3 Å². The van der Waals surface area contributed by atoms with E-state index in [2.05, 4.69) is 51.7 Å². The van der Waals surface area contributed by atoms with Gasteiger partial charge in [-0.1, -0.05) is 57.2 Å². The second kappa shape index (κ2) is 9.37. The summed E-state index contributed by atoms with van der Waals surface area (Å²) in [4.78, 5) is 0. The number of hydrogen-bond acceptors (Lipinski definition) is 3. The lowest BCUT2D eigenvalue weighted by Crippen LogP contribution is -2.35. The summed E-state index contributed by atoms with van der Waals surface area (Å²) in [6.07, 6.45) is 15.0. The normalized spacial score (nSPS) is 39.3. The number of rotatable bonds is 5. The standard InChI is InChI=1S/C28H44O3/c1-18(9-10-19(2)27(4,5)31)24-13-14-25-21(8-7-15-28(24,25)6)11-12-22-16-23(29)17-26(30)20(22)3/h9-12,18-19,23-26,29-31H,3,7-8,13-17H2,1-2,4-6H3/b10-9-,21-11+,22-12-/t18-,19+,23+,24+,25-,26-,28+/m0/s1. The molecule has 0 heterocycles. The minimum Gasteiger partial charge on any atom is -0.393 e. The van der Waals surface area contributed by atoms with Crippen molar-refractivity contribution in [2.24, 2.45) is 29.1 Å². The Labute approximate surface area is 189 Å². The SMILES string of the molecule is C=C1/C(=C\C=C2/CCC[C@]3(C)[C@@H]([C@@H](C)/C=C\[C@@H](C)C(C)(C)O)CC[C@@H]23)C[C@@H](O)C[C@@H]1O. The molecule has 31 heavy (non-hydrogen) atoms. The average molecular weight is 429 g/mol. The molecule has 0 unspecified atom stereocenters. The Balaban J connectivity index is 1.76. The fourth-order valence-electron chi connectivity index (χ4n) is 6.32. The van der Waals surface area contributed by atoms with Gasteiger partial charge in [-0.15, -0.1) is 0 Å². The highest BCUT2D eigenvalue weighted by Crippen LogP contribution is 2.59. The van der Waals surface area contributed by atoms with E-state index in [1.165, 1.54) is 31.3 Å². The van der Waals surface area contributed by atoms with Crippen LogP contribution in [0.25, 0.3) is 0 Å². The lowest BCUT2D eigenvalue weighted by molar-refractivity contribution is 0.0436. The molecule has 7 atom stereocenters. The molecule has 0 bridgehead atoms. The molecular formula is C28H44O3. The van der Waals surface area contributed by atoms with Crippen LogP contribution in [-0.4, -0.2) is 33.1 Å². The third kappa shape index (κ3) is 5.26. The zero-order valence-corrected chi connectivity index (χ0v) is 20.3. The molecule has 3 saturated carbocycles. The quantitative estimate of drug-likeness (QED) is 0.490. The van der Waals surface area contributed by atoms with Crippen LogP contribution >= 0.6 is 0 Å². The van der Waals surface area contributed by atoms with Crippen LogP contribution in [0.15, 0.2) is 47.6 Å². The van der Waals surface area contributed by atoms with Crippen LogP contribution in [0.5, 0.6) is 0 Å². The van der Waals surface area contributed by atoms with Crippen molar-refractivity contribution in [2.75, 3.05) is 0 Å². The van der Waals surface area contributed by atoms with E-state index in [1.54, 1.807) is 0 Å². The minimum atomic E-state index is -0.684. The fraction of sp³-hybridized carbons (Fsp3) is 0.714. The molecule has 3 fully saturated rings. The maximum absolute atomic E-state index is 10.3. The number of aliphatic hydroxyl groups is 3. The molecule has 3 aliphatic rings. The highest BCUT2D eigenvalue weighted by molar-refractivity contribution is 5.38. The molecule has 0 spiro atoms. The van der Waals surface area contributed by atoms with Gasteiger partial charge in [0.2, 0.25) is 0 Å². The van der Waals surface area contributed by atoms with Crippen molar-refractivity contribution in [1.82, 2.24) is 0 Å². The molecular weight excluding hydrogens is 384 g/mol. The summed E-state index contributed by atoms with van der Waals surface area (Å²) in [5.41, 5.74) is 2.93. The van der Waals surface area contributed by atoms with E-state index in [4.69, 9.17) is 0 Å². The highest BCUT2D eigenvalue weighted by Gasteiger charge is 2.50. The summed E-state index contributed by atoms with van der Waals surface area (Å²) in [5.74, 6) is 1.91. The summed E-state index contributed by atoms with van der Waals surface area (Å²) < 4.78 is 0. The lowest BCUT2D eigenvalue weighted by atomic mass is 9.61. The van der Waals surface area contributed by atoms with Crippen LogP contribution in [0.1, 0.15) is 79.6 Å². The molecule has 0 aromatic carbocycles. The van der Waals surface area contributed by atoms with Gasteiger partial charge in [-0.2, -0.15) is 0 Å². The van der Waals surface area contributed by atoms with Crippen LogP contribution in [0.4, 0.5) is 0 Å². The monoisotopic (exact) mass is 428 g/mol. The van der Waals surface area contributed by atoms with E-state index < -0.39 is 17.8 Å². The third-order valence-corrected chi connectivity index (χ3v) is 8.75. The first-order valence-corrected chi connectivity index (χ1v) is 12.3. The summed E-state index contributed by atoms with van der Waals surface area (Å²) in [7, 11) is 0. The van der Waals surface area contributed by atoms with Gasteiger partial charge in [0.25, 0.3) is 0 Å². The molecule has 0 aliphatic heterocycles. The molecule has 0 aromatic heterocycles. The van der Waals surface area contributed by atoms with Crippen molar-refractivity contribution in [2.45, 2.75) is 97.4 Å². The smallest absolute Gasteiger partial charge is 0.0811 e. The van der Waals surface area contributed by atoms with Crippen molar-refractivity contribution in [1.29, 1.82) is 0 Å². The Bertz CT molecular complexity index is 753. The first-order valence-electron chi connectivity index (χ1n) is 12.3. The van der Waals surface area contributed by atoms with Gasteiger partial charge in [-0.3, -0.25) is 0 Å². The predicted octanol–water partition coefficient (Wildman–Crippen LogP) is 5.73. The van der Waals surface area contributed by atoms with Crippen LogP contribution < -0.4 is 0 Å². The van der Waals surface area contributed by atoms with Crippen LogP contribution in [0.2, 0.25) is 0 Å². The topological polar surface area (TPSA) is 60.7 Å². The third-order valence-electron chi connectivity index (χ3n) is 8.75. The van der Waals surface area contributed by atoms with E-state index >= 15 is 0 Å². The molecule has 0 aromatic rings. The Morgan fingerprint density at radius 3 is 2.52 bits per heavy atom. The molecule has 3 heteroatoms. The number of fused-ring (bicyclic) bond motifs is 1. The van der Waals surface area contributed by atoms with Gasteiger partial charge in [0.15, 0.2) is 0 Å². The van der Waals surface area contributed by atoms with Crippen molar-refractivity contribution in [3.63, 3.8) is 0 Å². The van der Waals surface area contributed by atoms with E-state index in [9.17, 15) is 15.3 Å².